The summed E-state index contributed by atoms with van der Waals surface area (Å²) in [6, 6.07) is 0.133. The lowest BCUT2D eigenvalue weighted by molar-refractivity contribution is -0.150. The van der Waals surface area contributed by atoms with Gasteiger partial charge >= 0.3 is 5.97 Å². The number of ether oxygens (including phenoxy) is 1. The summed E-state index contributed by atoms with van der Waals surface area (Å²) in [5, 5.41) is 0. The maximum Gasteiger partial charge on any atom is 0.306 e. The molecule has 40 heavy (non-hydrogen) atoms. The Bertz CT molecular complexity index is 795. The summed E-state index contributed by atoms with van der Waals surface area (Å²) < 4.78 is 5.90. The van der Waals surface area contributed by atoms with Gasteiger partial charge in [-0.15, -0.1) is 6.58 Å². The van der Waals surface area contributed by atoms with Crippen molar-refractivity contribution in [3.63, 3.8) is 0 Å². The molecule has 2 heterocycles. The van der Waals surface area contributed by atoms with Gasteiger partial charge in [-0.2, -0.15) is 0 Å². The first-order valence-corrected chi connectivity index (χ1v) is 16.3. The summed E-state index contributed by atoms with van der Waals surface area (Å²) in [6.45, 7) is 10.8. The van der Waals surface area contributed by atoms with Crippen LogP contribution in [-0.2, 0) is 19.1 Å². The topological polar surface area (TPSA) is 66.9 Å². The van der Waals surface area contributed by atoms with Crippen LogP contribution in [0.3, 0.4) is 0 Å². The zero-order valence-corrected chi connectivity index (χ0v) is 25.9. The van der Waals surface area contributed by atoms with Crippen molar-refractivity contribution < 1.29 is 19.1 Å². The van der Waals surface area contributed by atoms with Gasteiger partial charge in [0.05, 0.1) is 6.54 Å². The maximum absolute atomic E-state index is 13.2. The van der Waals surface area contributed by atoms with Gasteiger partial charge in [-0.25, -0.2) is 0 Å². The summed E-state index contributed by atoms with van der Waals surface area (Å²) in [6.07, 6.45) is 21.3. The fourth-order valence-electron chi connectivity index (χ4n) is 6.24. The molecule has 0 bridgehead atoms. The van der Waals surface area contributed by atoms with Crippen LogP contribution in [0.5, 0.6) is 0 Å². The Balaban J connectivity index is 1.79. The summed E-state index contributed by atoms with van der Waals surface area (Å²) in [7, 11) is 2.16. The SMILES string of the molecule is C=CCCC(CC(=O)/C=C\CCCCCCCC)CC(=O)O[C@@H]1C[C@@H](CC)N(C(=O)CC2CCCN(C)CC2)C1. The molecule has 1 amide bonds. The van der Waals surface area contributed by atoms with Crippen LogP contribution < -0.4 is 0 Å². The number of ketones is 1. The lowest BCUT2D eigenvalue weighted by Crippen LogP contribution is -2.37. The van der Waals surface area contributed by atoms with Crippen molar-refractivity contribution in [1.29, 1.82) is 0 Å². The van der Waals surface area contributed by atoms with Gasteiger partial charge in [-0.1, -0.05) is 58.1 Å². The Morgan fingerprint density at radius 1 is 1.00 bits per heavy atom. The van der Waals surface area contributed by atoms with Crippen LogP contribution in [0.1, 0.15) is 123 Å². The van der Waals surface area contributed by atoms with Crippen molar-refractivity contribution in [2.75, 3.05) is 26.7 Å². The van der Waals surface area contributed by atoms with E-state index in [4.69, 9.17) is 4.74 Å². The number of rotatable bonds is 19. The highest BCUT2D eigenvalue weighted by Gasteiger charge is 2.37. The first-order chi connectivity index (χ1) is 19.4. The second-order valence-corrected chi connectivity index (χ2v) is 12.3. The number of nitrogens with zero attached hydrogens (tertiary/aromatic N) is 2. The highest BCUT2D eigenvalue weighted by molar-refractivity contribution is 5.90. The minimum absolute atomic E-state index is 0.0498. The van der Waals surface area contributed by atoms with E-state index in [0.717, 1.165) is 64.5 Å². The third-order valence-electron chi connectivity index (χ3n) is 8.75. The molecule has 2 aliphatic heterocycles. The second kappa shape index (κ2) is 20.0. The lowest BCUT2D eigenvalue weighted by atomic mass is 9.93. The molecule has 228 valence electrons. The van der Waals surface area contributed by atoms with Crippen molar-refractivity contribution >= 4 is 17.7 Å². The third-order valence-corrected chi connectivity index (χ3v) is 8.75. The molecule has 2 unspecified atom stereocenters. The van der Waals surface area contributed by atoms with Crippen molar-refractivity contribution in [2.24, 2.45) is 11.8 Å². The molecule has 4 atom stereocenters. The Labute approximate surface area is 245 Å². The van der Waals surface area contributed by atoms with E-state index in [1.807, 2.05) is 17.1 Å². The number of likely N-dealkylation sites (tertiary alicyclic amines) is 2. The van der Waals surface area contributed by atoms with Gasteiger partial charge in [0, 0.05) is 31.7 Å². The van der Waals surface area contributed by atoms with Gasteiger partial charge in [0.1, 0.15) is 6.10 Å². The molecular weight excluding hydrogens is 500 g/mol. The van der Waals surface area contributed by atoms with Crippen LogP contribution in [0.4, 0.5) is 0 Å². The average Bonchev–Trinajstić information content (AvgIpc) is 3.23. The molecule has 2 aliphatic rings. The van der Waals surface area contributed by atoms with E-state index in [-0.39, 0.29) is 42.1 Å². The van der Waals surface area contributed by atoms with E-state index in [9.17, 15) is 14.4 Å². The summed E-state index contributed by atoms with van der Waals surface area (Å²) in [5.41, 5.74) is 0. The maximum atomic E-state index is 13.2. The number of allylic oxidation sites excluding steroid dienone is 3. The van der Waals surface area contributed by atoms with Crippen LogP contribution in [-0.4, -0.2) is 66.3 Å². The van der Waals surface area contributed by atoms with Crippen molar-refractivity contribution in [2.45, 2.75) is 135 Å². The minimum atomic E-state index is -0.255. The van der Waals surface area contributed by atoms with Gasteiger partial charge in [0.15, 0.2) is 5.78 Å². The summed E-state index contributed by atoms with van der Waals surface area (Å²) >= 11 is 0. The highest BCUT2D eigenvalue weighted by atomic mass is 16.5. The van der Waals surface area contributed by atoms with E-state index in [1.165, 1.54) is 32.1 Å². The normalized spacial score (nSPS) is 22.8. The summed E-state index contributed by atoms with van der Waals surface area (Å²) in [5.74, 6) is 0.438. The Morgan fingerprint density at radius 2 is 1.77 bits per heavy atom. The lowest BCUT2D eigenvalue weighted by Gasteiger charge is -2.25. The van der Waals surface area contributed by atoms with E-state index in [1.54, 1.807) is 6.08 Å². The van der Waals surface area contributed by atoms with E-state index < -0.39 is 0 Å². The molecule has 2 saturated heterocycles. The van der Waals surface area contributed by atoms with Crippen molar-refractivity contribution in [3.8, 4) is 0 Å². The summed E-state index contributed by atoms with van der Waals surface area (Å²) in [4.78, 5) is 43.1. The average molecular weight is 559 g/mol. The fraction of sp³-hybridized carbons (Fsp3) is 0.794. The third kappa shape index (κ3) is 13.6. The molecule has 0 aromatic rings. The minimum Gasteiger partial charge on any atom is -0.460 e. The van der Waals surface area contributed by atoms with Gasteiger partial charge < -0.3 is 14.5 Å². The molecule has 2 rings (SSSR count). The molecule has 0 radical (unpaired) electrons. The number of hydrogen-bond donors (Lipinski definition) is 0. The first kappa shape index (κ1) is 34.3. The number of carbonyl (C=O) groups excluding carboxylic acids is 3. The van der Waals surface area contributed by atoms with E-state index in [2.05, 4.69) is 32.4 Å². The quantitative estimate of drug-likeness (QED) is 0.0722. The van der Waals surface area contributed by atoms with Gasteiger partial charge in [0.2, 0.25) is 5.91 Å². The standard InChI is InChI=1S/C34H58N2O4/c1-5-8-10-11-12-13-14-15-19-31(37)23-29(17-9-6-2)25-34(39)40-32-26-30(7-3)36(27-32)33(38)24-28-18-16-21-35(4)22-20-28/h6,15,19,28-30,32H,2,5,7-14,16-18,20-27H2,1,3-4H3/b19-15-/t28?,29?,30-,32-/m1/s1. The molecule has 0 spiro atoms. The number of carbonyl (C=O) groups is 3. The zero-order chi connectivity index (χ0) is 29.2. The molecule has 0 N–H and O–H groups in total. The Kier molecular flexibility index (Phi) is 17.1. The molecule has 2 fully saturated rings. The number of esters is 1. The van der Waals surface area contributed by atoms with E-state index in [0.29, 0.717) is 31.7 Å². The molecule has 6 nitrogen and oxygen atoms in total. The van der Waals surface area contributed by atoms with Crippen molar-refractivity contribution in [1.82, 2.24) is 9.80 Å². The van der Waals surface area contributed by atoms with Crippen LogP contribution in [0.2, 0.25) is 0 Å². The molecule has 6 heteroatoms. The van der Waals surface area contributed by atoms with Gasteiger partial charge in [-0.05, 0) is 89.4 Å². The van der Waals surface area contributed by atoms with Gasteiger partial charge in [-0.3, -0.25) is 14.4 Å². The predicted octanol–water partition coefficient (Wildman–Crippen LogP) is 7.27. The second-order valence-electron chi connectivity index (χ2n) is 12.3. The van der Waals surface area contributed by atoms with Gasteiger partial charge in [0.25, 0.3) is 0 Å². The zero-order valence-electron chi connectivity index (χ0n) is 25.9. The number of hydrogen-bond acceptors (Lipinski definition) is 5. The molecular formula is C34H58N2O4. The largest absolute Gasteiger partial charge is 0.460 e. The van der Waals surface area contributed by atoms with Crippen LogP contribution in [0.15, 0.2) is 24.8 Å². The fourth-order valence-corrected chi connectivity index (χ4v) is 6.24. The predicted molar refractivity (Wildman–Crippen MR) is 164 cm³/mol. The number of amides is 1. The number of unbranched alkanes of at least 4 members (excludes halogenated alkanes) is 6. The van der Waals surface area contributed by atoms with E-state index >= 15 is 0 Å². The van der Waals surface area contributed by atoms with Crippen LogP contribution >= 0.6 is 0 Å². The molecule has 0 saturated carbocycles. The molecule has 0 aromatic carbocycles. The first-order valence-electron chi connectivity index (χ1n) is 16.3. The molecule has 0 aliphatic carbocycles. The molecule has 0 aromatic heterocycles. The Morgan fingerprint density at radius 3 is 2.52 bits per heavy atom. The Hall–Kier alpha value is -1.95. The van der Waals surface area contributed by atoms with Crippen LogP contribution in [0.25, 0.3) is 0 Å². The van der Waals surface area contributed by atoms with Crippen molar-refractivity contribution in [3.05, 3.63) is 24.8 Å². The monoisotopic (exact) mass is 558 g/mol. The highest BCUT2D eigenvalue weighted by Crippen LogP contribution is 2.28. The van der Waals surface area contributed by atoms with Crippen LogP contribution in [0, 0.1) is 11.8 Å². The smallest absolute Gasteiger partial charge is 0.306 e.